The highest BCUT2D eigenvalue weighted by Gasteiger charge is 2.14. The van der Waals surface area contributed by atoms with Gasteiger partial charge in [-0.15, -0.1) is 0 Å². The molecule has 41 heavy (non-hydrogen) atoms. The predicted octanol–water partition coefficient (Wildman–Crippen LogP) is 6.14. The van der Waals surface area contributed by atoms with Crippen molar-refractivity contribution in [2.75, 3.05) is 0 Å². The number of carboxylic acids is 1. The number of furan rings is 1. The molecule has 0 aliphatic heterocycles. The Kier molecular flexibility index (Phi) is 7.60. The van der Waals surface area contributed by atoms with Crippen LogP contribution in [0.25, 0.3) is 11.4 Å². The largest absolute Gasteiger partial charge is 0.486 e. The van der Waals surface area contributed by atoms with Gasteiger partial charge in [0.15, 0.2) is 5.76 Å². The van der Waals surface area contributed by atoms with Crippen LogP contribution in [0.4, 0.5) is 0 Å². The van der Waals surface area contributed by atoms with Crippen LogP contribution < -0.4 is 10.2 Å². The summed E-state index contributed by atoms with van der Waals surface area (Å²) in [6.45, 7) is 8.13. The smallest absolute Gasteiger partial charge is 0.335 e. The molecule has 5 aromatic rings. The van der Waals surface area contributed by atoms with Gasteiger partial charge in [-0.25, -0.2) is 10.2 Å². The minimum absolute atomic E-state index is 0.116. The fourth-order valence-electron chi connectivity index (χ4n) is 4.81. The Labute approximate surface area is 237 Å². The van der Waals surface area contributed by atoms with Gasteiger partial charge >= 0.3 is 11.9 Å². The zero-order chi connectivity index (χ0) is 29.1. The molecular formula is C32H30N4O5. The number of benzene rings is 2. The number of rotatable bonds is 9. The van der Waals surface area contributed by atoms with E-state index in [1.165, 1.54) is 0 Å². The monoisotopic (exact) mass is 550 g/mol. The third-order valence-electron chi connectivity index (χ3n) is 6.82. The van der Waals surface area contributed by atoms with Crippen molar-refractivity contribution in [3.05, 3.63) is 124 Å². The van der Waals surface area contributed by atoms with Gasteiger partial charge in [0.2, 0.25) is 0 Å². The number of carboxylic acid groups (broad SMARTS) is 1. The summed E-state index contributed by atoms with van der Waals surface area (Å²) < 4.78 is 15.6. The highest BCUT2D eigenvalue weighted by Crippen LogP contribution is 2.22. The molecule has 2 N–H and O–H groups in total. The minimum Gasteiger partial charge on any atom is -0.486 e. The first kappa shape index (κ1) is 27.3. The quantitative estimate of drug-likeness (QED) is 0.169. The molecule has 9 heteroatoms. The molecule has 0 fully saturated rings. The summed E-state index contributed by atoms with van der Waals surface area (Å²) in [5.74, 6) is -0.162. The summed E-state index contributed by atoms with van der Waals surface area (Å²) in [7, 11) is 0. The SMILES string of the molecule is Cc1ccc(C)n1-c1ccc(OCc2ccc(C(=O)N/N=C/c3cc(C)n(-c4cccc(C(=O)O)c4)c3C)o2)cc1. The topological polar surface area (TPSA) is 111 Å². The third-order valence-corrected chi connectivity index (χ3v) is 6.82. The van der Waals surface area contributed by atoms with E-state index in [0.717, 1.165) is 39.7 Å². The van der Waals surface area contributed by atoms with E-state index in [1.807, 2.05) is 54.8 Å². The standard InChI is InChI=1S/C32H30N4O5/c1-20-8-9-21(2)35(20)26-10-12-28(13-11-26)40-19-29-14-15-30(41-29)31(37)34-33-18-25-16-22(3)36(23(25)4)27-7-5-6-24(17-27)32(38)39/h5-18H,19H2,1-4H3,(H,34,37)(H,38,39)/b33-18+. The molecule has 3 heterocycles. The number of nitrogens with zero attached hydrogens (tertiary/aromatic N) is 3. The van der Waals surface area contributed by atoms with Crippen LogP contribution in [0.3, 0.4) is 0 Å². The molecule has 208 valence electrons. The molecular weight excluding hydrogens is 520 g/mol. The second-order valence-electron chi connectivity index (χ2n) is 9.72. The second-order valence-corrected chi connectivity index (χ2v) is 9.72. The van der Waals surface area contributed by atoms with Crippen LogP contribution in [0.1, 0.15) is 55.0 Å². The second kappa shape index (κ2) is 11.4. The van der Waals surface area contributed by atoms with Crippen molar-refractivity contribution in [1.29, 1.82) is 0 Å². The number of carbonyl (C=O) groups excluding carboxylic acids is 1. The van der Waals surface area contributed by atoms with Gasteiger partial charge in [0.05, 0.1) is 11.8 Å². The van der Waals surface area contributed by atoms with Crippen molar-refractivity contribution in [1.82, 2.24) is 14.6 Å². The van der Waals surface area contributed by atoms with E-state index in [9.17, 15) is 14.7 Å². The number of amides is 1. The van der Waals surface area contributed by atoms with Crippen molar-refractivity contribution < 1.29 is 23.8 Å². The van der Waals surface area contributed by atoms with E-state index >= 15 is 0 Å². The van der Waals surface area contributed by atoms with Crippen molar-refractivity contribution in [3.63, 3.8) is 0 Å². The van der Waals surface area contributed by atoms with Gasteiger partial charge in [-0.3, -0.25) is 4.79 Å². The van der Waals surface area contributed by atoms with Crippen LogP contribution in [-0.2, 0) is 6.61 Å². The average Bonchev–Trinajstić information content (AvgIpc) is 3.65. The van der Waals surface area contributed by atoms with Crippen molar-refractivity contribution >= 4 is 18.1 Å². The van der Waals surface area contributed by atoms with E-state index in [4.69, 9.17) is 9.15 Å². The fourth-order valence-corrected chi connectivity index (χ4v) is 4.81. The van der Waals surface area contributed by atoms with Crippen LogP contribution in [-0.4, -0.2) is 32.3 Å². The predicted molar refractivity (Wildman–Crippen MR) is 156 cm³/mol. The molecule has 0 aliphatic carbocycles. The van der Waals surface area contributed by atoms with Crippen LogP contribution in [0.5, 0.6) is 5.75 Å². The summed E-state index contributed by atoms with van der Waals surface area (Å²) in [5, 5.41) is 13.4. The number of hydrogen-bond donors (Lipinski definition) is 2. The first-order chi connectivity index (χ1) is 19.7. The summed E-state index contributed by atoms with van der Waals surface area (Å²) in [4.78, 5) is 24.0. The average molecular weight is 551 g/mol. The molecule has 0 saturated heterocycles. The van der Waals surface area contributed by atoms with Crippen LogP contribution in [0, 0.1) is 27.7 Å². The van der Waals surface area contributed by atoms with Gasteiger partial charge in [0, 0.05) is 39.7 Å². The number of aromatic carboxylic acids is 1. The zero-order valence-corrected chi connectivity index (χ0v) is 23.2. The van der Waals surface area contributed by atoms with Gasteiger partial charge in [-0.05, 0) is 100 Å². The summed E-state index contributed by atoms with van der Waals surface area (Å²) >= 11 is 0. The number of nitrogens with one attached hydrogen (secondary N) is 1. The fraction of sp³-hybridized carbons (Fsp3) is 0.156. The summed E-state index contributed by atoms with van der Waals surface area (Å²) in [6, 6.07) is 23.9. The first-order valence-corrected chi connectivity index (χ1v) is 13.0. The molecule has 9 nitrogen and oxygen atoms in total. The number of aromatic nitrogens is 2. The Bertz CT molecular complexity index is 1740. The maximum Gasteiger partial charge on any atom is 0.335 e. The maximum absolute atomic E-state index is 12.6. The van der Waals surface area contributed by atoms with E-state index in [2.05, 4.69) is 41.1 Å². The molecule has 0 bridgehead atoms. The maximum atomic E-state index is 12.6. The van der Waals surface area contributed by atoms with Gasteiger partial charge in [0.1, 0.15) is 18.1 Å². The van der Waals surface area contributed by atoms with E-state index in [0.29, 0.717) is 11.5 Å². The van der Waals surface area contributed by atoms with Crippen molar-refractivity contribution in [2.45, 2.75) is 34.3 Å². The Morgan fingerprint density at radius 3 is 2.32 bits per heavy atom. The molecule has 0 atom stereocenters. The van der Waals surface area contributed by atoms with E-state index in [1.54, 1.807) is 36.5 Å². The molecule has 0 radical (unpaired) electrons. The molecule has 0 saturated carbocycles. The first-order valence-electron chi connectivity index (χ1n) is 13.0. The third kappa shape index (κ3) is 5.84. The Morgan fingerprint density at radius 2 is 1.61 bits per heavy atom. The lowest BCUT2D eigenvalue weighted by atomic mass is 10.2. The lowest BCUT2D eigenvalue weighted by Crippen LogP contribution is -2.16. The minimum atomic E-state index is -0.987. The summed E-state index contributed by atoms with van der Waals surface area (Å²) in [6.07, 6.45) is 1.55. The molecule has 0 spiro atoms. The normalized spacial score (nSPS) is 11.2. The molecule has 0 aliphatic rings. The van der Waals surface area contributed by atoms with Gasteiger partial charge in [-0.1, -0.05) is 6.07 Å². The van der Waals surface area contributed by atoms with Gasteiger partial charge < -0.3 is 23.4 Å². The zero-order valence-electron chi connectivity index (χ0n) is 23.2. The van der Waals surface area contributed by atoms with Crippen molar-refractivity contribution in [2.24, 2.45) is 5.10 Å². The summed E-state index contributed by atoms with van der Waals surface area (Å²) in [5.41, 5.74) is 9.35. The number of ether oxygens (including phenoxy) is 1. The molecule has 1 amide bonds. The van der Waals surface area contributed by atoms with Crippen LogP contribution in [0.15, 0.2) is 88.4 Å². The highest BCUT2D eigenvalue weighted by atomic mass is 16.5. The number of hydrazone groups is 1. The molecule has 5 rings (SSSR count). The van der Waals surface area contributed by atoms with Crippen molar-refractivity contribution in [3.8, 4) is 17.1 Å². The van der Waals surface area contributed by atoms with E-state index in [-0.39, 0.29) is 17.9 Å². The van der Waals surface area contributed by atoms with E-state index < -0.39 is 11.9 Å². The van der Waals surface area contributed by atoms with Gasteiger partial charge in [-0.2, -0.15) is 5.10 Å². The lowest BCUT2D eigenvalue weighted by molar-refractivity contribution is 0.0696. The van der Waals surface area contributed by atoms with Crippen LogP contribution in [0.2, 0.25) is 0 Å². The molecule has 0 unspecified atom stereocenters. The number of carbonyl (C=O) groups is 2. The molecule has 2 aromatic carbocycles. The molecule has 3 aromatic heterocycles. The van der Waals surface area contributed by atoms with Crippen LogP contribution >= 0.6 is 0 Å². The Hall–Kier alpha value is -5.31. The van der Waals surface area contributed by atoms with Gasteiger partial charge in [0.25, 0.3) is 0 Å². The Balaban J connectivity index is 1.18. The lowest BCUT2D eigenvalue weighted by Gasteiger charge is -2.10. The highest BCUT2D eigenvalue weighted by molar-refractivity contribution is 5.92. The Morgan fingerprint density at radius 1 is 0.878 bits per heavy atom. The number of aryl methyl sites for hydroxylation is 3. The number of hydrogen-bond acceptors (Lipinski definition) is 5.